The van der Waals surface area contributed by atoms with Crippen molar-refractivity contribution in [1.29, 1.82) is 0 Å². The molecule has 1 N–H and O–H groups in total. The van der Waals surface area contributed by atoms with E-state index in [9.17, 15) is 9.59 Å². The lowest BCUT2D eigenvalue weighted by Gasteiger charge is -2.32. The Kier molecular flexibility index (Phi) is 6.69. The number of para-hydroxylation sites is 1. The maximum atomic E-state index is 12.5. The van der Waals surface area contributed by atoms with E-state index in [1.165, 1.54) is 0 Å². The highest BCUT2D eigenvalue weighted by Gasteiger charge is 2.24. The molecule has 3 rings (SSSR count). The Labute approximate surface area is 166 Å². The summed E-state index contributed by atoms with van der Waals surface area (Å²) >= 11 is 0. The summed E-state index contributed by atoms with van der Waals surface area (Å²) in [7, 11) is 0. The van der Waals surface area contributed by atoms with E-state index in [1.54, 1.807) is 12.1 Å². The van der Waals surface area contributed by atoms with E-state index in [0.29, 0.717) is 24.6 Å². The fourth-order valence-electron chi connectivity index (χ4n) is 3.45. The second kappa shape index (κ2) is 9.40. The summed E-state index contributed by atoms with van der Waals surface area (Å²) in [5.74, 6) is 1.05. The van der Waals surface area contributed by atoms with Crippen LogP contribution in [0.2, 0.25) is 0 Å². The van der Waals surface area contributed by atoms with Crippen LogP contribution >= 0.6 is 0 Å². The fraction of sp³-hybridized carbons (Fsp3) is 0.391. The zero-order valence-electron chi connectivity index (χ0n) is 16.6. The minimum absolute atomic E-state index is 0.00797. The van der Waals surface area contributed by atoms with E-state index in [0.717, 1.165) is 24.2 Å². The summed E-state index contributed by atoms with van der Waals surface area (Å²) in [5, 5.41) is 3.06. The Bertz CT molecular complexity index is 797. The molecule has 2 aromatic rings. The summed E-state index contributed by atoms with van der Waals surface area (Å²) in [4.78, 5) is 26.6. The van der Waals surface area contributed by atoms with Gasteiger partial charge in [0.1, 0.15) is 5.75 Å². The first-order chi connectivity index (χ1) is 13.5. The van der Waals surface area contributed by atoms with Crippen molar-refractivity contribution in [1.82, 2.24) is 10.2 Å². The molecule has 1 heterocycles. The van der Waals surface area contributed by atoms with Gasteiger partial charge in [-0.2, -0.15) is 0 Å². The third-order valence-corrected chi connectivity index (χ3v) is 5.11. The number of rotatable bonds is 6. The molecule has 0 aliphatic carbocycles. The zero-order chi connectivity index (χ0) is 19.9. The highest BCUT2D eigenvalue weighted by molar-refractivity contribution is 5.94. The first kappa shape index (κ1) is 19.9. The van der Waals surface area contributed by atoms with Gasteiger partial charge in [0.25, 0.3) is 11.8 Å². The summed E-state index contributed by atoms with van der Waals surface area (Å²) in [6.07, 6.45) is 1.51. The maximum Gasteiger partial charge on any atom is 0.260 e. The summed E-state index contributed by atoms with van der Waals surface area (Å²) < 4.78 is 5.80. The average molecular weight is 380 g/mol. The molecule has 0 radical (unpaired) electrons. The topological polar surface area (TPSA) is 58.6 Å². The van der Waals surface area contributed by atoms with E-state index < -0.39 is 0 Å². The summed E-state index contributed by atoms with van der Waals surface area (Å²) in [6.45, 7) is 5.53. The number of carbonyl (C=O) groups is 2. The van der Waals surface area contributed by atoms with Gasteiger partial charge in [-0.3, -0.25) is 9.59 Å². The molecule has 1 aliphatic heterocycles. The van der Waals surface area contributed by atoms with Crippen molar-refractivity contribution in [3.8, 4) is 5.75 Å². The van der Waals surface area contributed by atoms with Crippen LogP contribution in [0.25, 0.3) is 0 Å². The van der Waals surface area contributed by atoms with Crippen molar-refractivity contribution in [2.75, 3.05) is 19.7 Å². The van der Waals surface area contributed by atoms with Crippen LogP contribution in [0.15, 0.2) is 54.6 Å². The fourth-order valence-corrected chi connectivity index (χ4v) is 3.45. The number of benzene rings is 2. The summed E-state index contributed by atoms with van der Waals surface area (Å²) in [6, 6.07) is 17.2. The van der Waals surface area contributed by atoms with Gasteiger partial charge in [-0.15, -0.1) is 0 Å². The molecule has 0 saturated carbocycles. The molecule has 1 saturated heterocycles. The molecule has 0 atom stereocenters. The zero-order valence-corrected chi connectivity index (χ0v) is 16.6. The largest absolute Gasteiger partial charge is 0.483 e. The molecule has 28 heavy (non-hydrogen) atoms. The molecule has 1 fully saturated rings. The Morgan fingerprint density at radius 3 is 2.36 bits per heavy atom. The van der Waals surface area contributed by atoms with E-state index in [-0.39, 0.29) is 24.5 Å². The number of piperidine rings is 1. The predicted octanol–water partition coefficient (Wildman–Crippen LogP) is 3.61. The lowest BCUT2D eigenvalue weighted by molar-refractivity contribution is -0.134. The monoisotopic (exact) mass is 380 g/mol. The highest BCUT2D eigenvalue weighted by atomic mass is 16.5. The molecular formula is C23H28N2O3. The van der Waals surface area contributed by atoms with Crippen molar-refractivity contribution < 1.29 is 14.3 Å². The van der Waals surface area contributed by atoms with Gasteiger partial charge < -0.3 is 15.0 Å². The smallest absolute Gasteiger partial charge is 0.260 e. The quantitative estimate of drug-likeness (QED) is 0.833. The third-order valence-electron chi connectivity index (χ3n) is 5.11. The minimum atomic E-state index is -0.0565. The van der Waals surface area contributed by atoms with Crippen LogP contribution in [0, 0.1) is 0 Å². The molecule has 0 unspecified atom stereocenters. The maximum absolute atomic E-state index is 12.5. The average Bonchev–Trinajstić information content (AvgIpc) is 2.73. The lowest BCUT2D eigenvalue weighted by atomic mass is 10.0. The number of nitrogens with one attached hydrogen (secondary N) is 1. The SMILES string of the molecule is CC(C)c1ccccc1OCC(=O)N1CCC(NC(=O)c2ccccc2)CC1. The first-order valence-corrected chi connectivity index (χ1v) is 9.90. The predicted molar refractivity (Wildman–Crippen MR) is 110 cm³/mol. The van der Waals surface area contributed by atoms with Crippen molar-refractivity contribution >= 4 is 11.8 Å². The van der Waals surface area contributed by atoms with Crippen molar-refractivity contribution in [3.05, 3.63) is 65.7 Å². The van der Waals surface area contributed by atoms with E-state index in [4.69, 9.17) is 4.74 Å². The molecule has 2 aromatic carbocycles. The molecule has 1 aliphatic rings. The Balaban J connectivity index is 1.46. The van der Waals surface area contributed by atoms with Crippen LogP contribution in [-0.4, -0.2) is 42.5 Å². The van der Waals surface area contributed by atoms with E-state index in [1.807, 2.05) is 47.4 Å². The number of hydrogen-bond acceptors (Lipinski definition) is 3. The second-order valence-corrected chi connectivity index (χ2v) is 7.48. The minimum Gasteiger partial charge on any atom is -0.483 e. The standard InChI is InChI=1S/C23H28N2O3/c1-17(2)20-10-6-7-11-21(20)28-16-22(26)25-14-12-19(13-15-25)24-23(27)18-8-4-3-5-9-18/h3-11,17,19H,12-16H2,1-2H3,(H,24,27). The first-order valence-electron chi connectivity index (χ1n) is 9.90. The van der Waals surface area contributed by atoms with Crippen LogP contribution in [0.5, 0.6) is 5.75 Å². The molecule has 5 nitrogen and oxygen atoms in total. The molecular weight excluding hydrogens is 352 g/mol. The number of ether oxygens (including phenoxy) is 1. The molecule has 2 amide bonds. The van der Waals surface area contributed by atoms with Crippen LogP contribution in [0.4, 0.5) is 0 Å². The van der Waals surface area contributed by atoms with Crippen molar-refractivity contribution in [3.63, 3.8) is 0 Å². The van der Waals surface area contributed by atoms with Gasteiger partial charge in [0.2, 0.25) is 0 Å². The van der Waals surface area contributed by atoms with E-state index >= 15 is 0 Å². The highest BCUT2D eigenvalue weighted by Crippen LogP contribution is 2.26. The van der Waals surface area contributed by atoms with Gasteiger partial charge in [0.05, 0.1) is 0 Å². The normalized spacial score (nSPS) is 14.8. The molecule has 0 bridgehead atoms. The number of hydrogen-bond donors (Lipinski definition) is 1. The molecule has 0 spiro atoms. The van der Waals surface area contributed by atoms with Gasteiger partial charge in [0.15, 0.2) is 6.61 Å². The second-order valence-electron chi connectivity index (χ2n) is 7.48. The summed E-state index contributed by atoms with van der Waals surface area (Å²) in [5.41, 5.74) is 1.77. The Hall–Kier alpha value is -2.82. The lowest BCUT2D eigenvalue weighted by Crippen LogP contribution is -2.47. The number of nitrogens with zero attached hydrogens (tertiary/aromatic N) is 1. The Morgan fingerprint density at radius 1 is 1.04 bits per heavy atom. The number of likely N-dealkylation sites (tertiary alicyclic amines) is 1. The molecule has 148 valence electrons. The number of amides is 2. The van der Waals surface area contributed by atoms with Crippen LogP contribution in [-0.2, 0) is 4.79 Å². The number of carbonyl (C=O) groups excluding carboxylic acids is 2. The van der Waals surface area contributed by atoms with E-state index in [2.05, 4.69) is 19.2 Å². The van der Waals surface area contributed by atoms with Crippen molar-refractivity contribution in [2.45, 2.75) is 38.6 Å². The van der Waals surface area contributed by atoms with Crippen LogP contribution in [0.1, 0.15) is 48.5 Å². The van der Waals surface area contributed by atoms with Gasteiger partial charge in [-0.1, -0.05) is 50.2 Å². The van der Waals surface area contributed by atoms with Gasteiger partial charge in [-0.25, -0.2) is 0 Å². The van der Waals surface area contributed by atoms with Gasteiger partial charge in [-0.05, 0) is 42.5 Å². The van der Waals surface area contributed by atoms with Gasteiger partial charge in [0, 0.05) is 24.7 Å². The molecule has 0 aromatic heterocycles. The van der Waals surface area contributed by atoms with Crippen LogP contribution < -0.4 is 10.1 Å². The van der Waals surface area contributed by atoms with Gasteiger partial charge >= 0.3 is 0 Å². The third kappa shape index (κ3) is 5.12. The van der Waals surface area contributed by atoms with Crippen LogP contribution in [0.3, 0.4) is 0 Å². The Morgan fingerprint density at radius 2 is 1.68 bits per heavy atom. The van der Waals surface area contributed by atoms with Crippen molar-refractivity contribution in [2.24, 2.45) is 0 Å². The molecule has 5 heteroatoms.